The van der Waals surface area contributed by atoms with Crippen molar-refractivity contribution in [2.75, 3.05) is 12.4 Å². The average molecular weight is 286 g/mol. The first-order chi connectivity index (χ1) is 9.74. The third kappa shape index (κ3) is 4.97. The van der Waals surface area contributed by atoms with Crippen LogP contribution in [0.5, 0.6) is 5.75 Å². The molecule has 3 N–H and O–H groups in total. The predicted molar refractivity (Wildman–Crippen MR) is 84.7 cm³/mol. The molecule has 0 aliphatic carbocycles. The number of hydrogen-bond donors (Lipinski definition) is 2. The number of hydrogen-bond acceptors (Lipinski definition) is 3. The van der Waals surface area contributed by atoms with E-state index in [1.54, 1.807) is 11.8 Å². The normalized spacial score (nSPS) is 10.2. The van der Waals surface area contributed by atoms with E-state index in [9.17, 15) is 0 Å². The van der Waals surface area contributed by atoms with E-state index in [0.717, 1.165) is 17.1 Å². The number of benzene rings is 2. The van der Waals surface area contributed by atoms with Crippen LogP contribution in [0.2, 0.25) is 0 Å². The quantitative estimate of drug-likeness (QED) is 0.355. The van der Waals surface area contributed by atoms with Gasteiger partial charge in [-0.05, 0) is 29.8 Å². The van der Waals surface area contributed by atoms with Crippen LogP contribution in [-0.4, -0.2) is 18.2 Å². The monoisotopic (exact) mass is 286 g/mol. The van der Waals surface area contributed by atoms with Crippen LogP contribution >= 0.6 is 11.8 Å². The number of ether oxygens (including phenoxy) is 1. The van der Waals surface area contributed by atoms with Crippen LogP contribution in [0.4, 0.5) is 0 Å². The van der Waals surface area contributed by atoms with Crippen molar-refractivity contribution in [3.63, 3.8) is 0 Å². The minimum absolute atomic E-state index is 0.179. The molecule has 0 unspecified atom stereocenters. The lowest BCUT2D eigenvalue weighted by atomic mass is 10.1. The van der Waals surface area contributed by atoms with Gasteiger partial charge in [0.05, 0.1) is 12.4 Å². The van der Waals surface area contributed by atoms with Crippen LogP contribution in [0.25, 0.3) is 0 Å². The van der Waals surface area contributed by atoms with Crippen molar-refractivity contribution in [1.29, 1.82) is 5.41 Å². The van der Waals surface area contributed by atoms with Gasteiger partial charge in [0.15, 0.2) is 0 Å². The highest BCUT2D eigenvalue weighted by molar-refractivity contribution is 7.99. The van der Waals surface area contributed by atoms with Gasteiger partial charge in [0, 0.05) is 17.1 Å². The van der Waals surface area contributed by atoms with Gasteiger partial charge in [-0.25, -0.2) is 0 Å². The summed E-state index contributed by atoms with van der Waals surface area (Å²) in [5.74, 6) is 1.95. The molecule has 0 heterocycles. The van der Waals surface area contributed by atoms with Crippen LogP contribution in [0.3, 0.4) is 0 Å². The van der Waals surface area contributed by atoms with Gasteiger partial charge < -0.3 is 10.5 Å². The first-order valence-corrected chi connectivity index (χ1v) is 7.45. The van der Waals surface area contributed by atoms with Gasteiger partial charge in [0.25, 0.3) is 0 Å². The summed E-state index contributed by atoms with van der Waals surface area (Å²) in [6.07, 6.45) is 0.490. The lowest BCUT2D eigenvalue weighted by molar-refractivity contribution is 0.344. The van der Waals surface area contributed by atoms with E-state index < -0.39 is 0 Å². The molecule has 2 aromatic carbocycles. The maximum Gasteiger partial charge on any atom is 0.119 e. The van der Waals surface area contributed by atoms with Crippen LogP contribution in [0.1, 0.15) is 5.56 Å². The Kier molecular flexibility index (Phi) is 5.50. The molecular weight excluding hydrogens is 268 g/mol. The number of amidine groups is 1. The summed E-state index contributed by atoms with van der Waals surface area (Å²) in [6, 6.07) is 18.0. The lowest BCUT2D eigenvalue weighted by Gasteiger charge is -2.07. The summed E-state index contributed by atoms with van der Waals surface area (Å²) >= 11 is 1.78. The van der Waals surface area contributed by atoms with Crippen molar-refractivity contribution in [2.24, 2.45) is 5.73 Å². The molecule has 0 aliphatic heterocycles. The van der Waals surface area contributed by atoms with Gasteiger partial charge in [-0.3, -0.25) is 5.41 Å². The summed E-state index contributed by atoms with van der Waals surface area (Å²) in [6.45, 7) is 0.672. The smallest absolute Gasteiger partial charge is 0.119 e. The Morgan fingerprint density at radius 3 is 2.40 bits per heavy atom. The third-order valence-electron chi connectivity index (χ3n) is 2.68. The molecule has 0 fully saturated rings. The summed E-state index contributed by atoms with van der Waals surface area (Å²) in [7, 11) is 0. The molecule has 20 heavy (non-hydrogen) atoms. The molecule has 3 nitrogen and oxygen atoms in total. The van der Waals surface area contributed by atoms with Crippen molar-refractivity contribution < 1.29 is 4.74 Å². The maximum atomic E-state index is 7.25. The largest absolute Gasteiger partial charge is 0.493 e. The lowest BCUT2D eigenvalue weighted by Crippen LogP contribution is -2.12. The Labute approximate surface area is 123 Å². The van der Waals surface area contributed by atoms with Crippen LogP contribution in [-0.2, 0) is 6.42 Å². The van der Waals surface area contributed by atoms with Crippen molar-refractivity contribution >= 4 is 17.6 Å². The van der Waals surface area contributed by atoms with Crippen LogP contribution < -0.4 is 10.5 Å². The van der Waals surface area contributed by atoms with E-state index in [2.05, 4.69) is 12.1 Å². The van der Waals surface area contributed by atoms with E-state index in [-0.39, 0.29) is 5.84 Å². The van der Waals surface area contributed by atoms with E-state index in [1.807, 2.05) is 42.5 Å². The molecule has 0 spiro atoms. The molecule has 104 valence electrons. The molecule has 2 aromatic rings. The third-order valence-corrected chi connectivity index (χ3v) is 3.66. The highest BCUT2D eigenvalue weighted by Crippen LogP contribution is 2.18. The standard InChI is InChI=1S/C16H18N2OS/c17-16(18)12-13-6-8-14(9-7-13)19-10-11-20-15-4-2-1-3-5-15/h1-9H,10-12H2,(H3,17,18). The van der Waals surface area contributed by atoms with E-state index >= 15 is 0 Å². The van der Waals surface area contributed by atoms with Crippen molar-refractivity contribution in [1.82, 2.24) is 0 Å². The molecule has 0 saturated heterocycles. The molecular formula is C16H18N2OS. The second kappa shape index (κ2) is 7.60. The average Bonchev–Trinajstić information content (AvgIpc) is 2.46. The van der Waals surface area contributed by atoms with Crippen molar-refractivity contribution in [3.05, 3.63) is 60.2 Å². The number of rotatable bonds is 7. The first kappa shape index (κ1) is 14.5. The Balaban J connectivity index is 1.73. The van der Waals surface area contributed by atoms with Gasteiger partial charge in [-0.2, -0.15) is 0 Å². The number of nitrogens with two attached hydrogens (primary N) is 1. The second-order valence-corrected chi connectivity index (χ2v) is 5.52. The van der Waals surface area contributed by atoms with E-state index in [0.29, 0.717) is 13.0 Å². The maximum absolute atomic E-state index is 7.25. The molecule has 0 saturated carbocycles. The fourth-order valence-electron chi connectivity index (χ4n) is 1.76. The predicted octanol–water partition coefficient (Wildman–Crippen LogP) is 3.34. The summed E-state index contributed by atoms with van der Waals surface area (Å²) < 4.78 is 5.68. The van der Waals surface area contributed by atoms with E-state index in [1.165, 1.54) is 4.90 Å². The fourth-order valence-corrected chi connectivity index (χ4v) is 2.51. The minimum atomic E-state index is 0.179. The van der Waals surface area contributed by atoms with Crippen molar-refractivity contribution in [2.45, 2.75) is 11.3 Å². The van der Waals surface area contributed by atoms with Gasteiger partial charge in [0.1, 0.15) is 5.75 Å². The summed E-state index contributed by atoms with van der Waals surface area (Å²) in [5, 5.41) is 7.25. The molecule has 0 radical (unpaired) electrons. The molecule has 4 heteroatoms. The molecule has 0 amide bonds. The van der Waals surface area contributed by atoms with Crippen LogP contribution in [0.15, 0.2) is 59.5 Å². The fraction of sp³-hybridized carbons (Fsp3) is 0.188. The Morgan fingerprint density at radius 1 is 1.05 bits per heavy atom. The van der Waals surface area contributed by atoms with Crippen LogP contribution in [0, 0.1) is 5.41 Å². The topological polar surface area (TPSA) is 59.1 Å². The Hall–Kier alpha value is -1.94. The highest BCUT2D eigenvalue weighted by Gasteiger charge is 1.98. The summed E-state index contributed by atoms with van der Waals surface area (Å²) in [5.41, 5.74) is 6.40. The first-order valence-electron chi connectivity index (χ1n) is 6.46. The minimum Gasteiger partial charge on any atom is -0.493 e. The SMILES string of the molecule is N=C(N)Cc1ccc(OCCSc2ccccc2)cc1. The zero-order valence-electron chi connectivity index (χ0n) is 11.2. The van der Waals surface area contributed by atoms with E-state index in [4.69, 9.17) is 15.9 Å². The Morgan fingerprint density at radius 2 is 1.75 bits per heavy atom. The molecule has 2 rings (SSSR count). The van der Waals surface area contributed by atoms with Gasteiger partial charge in [-0.1, -0.05) is 30.3 Å². The molecule has 0 atom stereocenters. The summed E-state index contributed by atoms with van der Waals surface area (Å²) in [4.78, 5) is 1.26. The van der Waals surface area contributed by atoms with Gasteiger partial charge >= 0.3 is 0 Å². The number of thioether (sulfide) groups is 1. The molecule has 0 aromatic heterocycles. The molecule has 0 aliphatic rings. The number of nitrogens with one attached hydrogen (secondary N) is 1. The highest BCUT2D eigenvalue weighted by atomic mass is 32.2. The van der Waals surface area contributed by atoms with Gasteiger partial charge in [-0.15, -0.1) is 11.8 Å². The zero-order chi connectivity index (χ0) is 14.2. The second-order valence-electron chi connectivity index (χ2n) is 4.36. The Bertz CT molecular complexity index is 540. The zero-order valence-corrected chi connectivity index (χ0v) is 12.0. The van der Waals surface area contributed by atoms with Gasteiger partial charge in [0.2, 0.25) is 0 Å². The molecule has 0 bridgehead atoms. The van der Waals surface area contributed by atoms with Crippen molar-refractivity contribution in [3.8, 4) is 5.75 Å².